The molecule has 0 saturated carbocycles. The molecule has 1 rings (SSSR count). The molecule has 0 radical (unpaired) electrons. The van der Waals surface area contributed by atoms with E-state index in [4.69, 9.17) is 11.0 Å². The van der Waals surface area contributed by atoms with Gasteiger partial charge in [0.1, 0.15) is 0 Å². The van der Waals surface area contributed by atoms with Crippen LogP contribution in [-0.2, 0) is 0 Å². The van der Waals surface area contributed by atoms with Crippen molar-refractivity contribution >= 4 is 0 Å². The van der Waals surface area contributed by atoms with Crippen molar-refractivity contribution in [3.05, 3.63) is 0 Å². The van der Waals surface area contributed by atoms with Crippen LogP contribution in [0.1, 0.15) is 6.42 Å². The third-order valence-electron chi connectivity index (χ3n) is 1.69. The summed E-state index contributed by atoms with van der Waals surface area (Å²) in [7, 11) is 0. The maximum Gasteiger partial charge on any atom is 0.0673 e. The first kappa shape index (κ1) is 6.53. The lowest BCUT2D eigenvalue weighted by atomic mass is 9.95. The minimum absolute atomic E-state index is 0.0451. The van der Waals surface area contributed by atoms with Crippen molar-refractivity contribution in [3.63, 3.8) is 0 Å². The van der Waals surface area contributed by atoms with Crippen LogP contribution in [0, 0.1) is 17.2 Å². The Kier molecular flexibility index (Phi) is 2.04. The number of nitrogens with zero attached hydrogens (tertiary/aromatic N) is 1. The first-order valence-electron chi connectivity index (χ1n) is 3.20. The summed E-state index contributed by atoms with van der Waals surface area (Å²) in [4.78, 5) is 0. The van der Waals surface area contributed by atoms with Crippen molar-refractivity contribution < 1.29 is 0 Å². The van der Waals surface area contributed by atoms with Crippen LogP contribution in [0.4, 0.5) is 0 Å². The molecule has 1 heterocycles. The van der Waals surface area contributed by atoms with Crippen molar-refractivity contribution in [2.75, 3.05) is 13.1 Å². The lowest BCUT2D eigenvalue weighted by Crippen LogP contribution is -2.45. The number of piperidine rings is 1. The molecule has 9 heavy (non-hydrogen) atoms. The molecule has 1 aliphatic heterocycles. The molecule has 0 aromatic heterocycles. The second-order valence-electron chi connectivity index (χ2n) is 2.39. The minimum atomic E-state index is 0.0451. The average Bonchev–Trinajstić information content (AvgIpc) is 1.89. The van der Waals surface area contributed by atoms with Gasteiger partial charge in [-0.1, -0.05) is 0 Å². The number of hydrogen-bond donors (Lipinski definition) is 2. The smallest absolute Gasteiger partial charge is 0.0673 e. The zero-order valence-corrected chi connectivity index (χ0v) is 5.30. The van der Waals surface area contributed by atoms with Gasteiger partial charge < -0.3 is 11.1 Å². The summed E-state index contributed by atoms with van der Waals surface area (Å²) in [6, 6.07) is 2.23. The summed E-state index contributed by atoms with van der Waals surface area (Å²) in [6.07, 6.45) is 0.900. The highest BCUT2D eigenvalue weighted by molar-refractivity contribution is 4.94. The maximum atomic E-state index is 8.50. The van der Waals surface area contributed by atoms with Gasteiger partial charge in [-0.25, -0.2) is 0 Å². The monoisotopic (exact) mass is 125 g/mol. The third kappa shape index (κ3) is 1.41. The summed E-state index contributed by atoms with van der Waals surface area (Å²) in [6.45, 7) is 1.73. The van der Waals surface area contributed by atoms with Gasteiger partial charge >= 0.3 is 0 Å². The van der Waals surface area contributed by atoms with Crippen LogP contribution in [-0.4, -0.2) is 19.1 Å². The Hall–Kier alpha value is -0.590. The summed E-state index contributed by atoms with van der Waals surface area (Å²) in [5.74, 6) is 0.0752. The molecule has 1 fully saturated rings. The first-order valence-corrected chi connectivity index (χ1v) is 3.20. The minimum Gasteiger partial charge on any atom is -0.325 e. The molecule has 3 nitrogen and oxygen atoms in total. The van der Waals surface area contributed by atoms with Crippen LogP contribution >= 0.6 is 0 Å². The largest absolute Gasteiger partial charge is 0.325 e. The Labute approximate surface area is 54.8 Å². The van der Waals surface area contributed by atoms with Gasteiger partial charge in [-0.15, -0.1) is 0 Å². The normalized spacial score (nSPS) is 35.6. The summed E-state index contributed by atoms with van der Waals surface area (Å²) in [5, 5.41) is 11.6. The van der Waals surface area contributed by atoms with E-state index < -0.39 is 0 Å². The lowest BCUT2D eigenvalue weighted by Gasteiger charge is -2.23. The summed E-state index contributed by atoms with van der Waals surface area (Å²) < 4.78 is 0. The Bertz CT molecular complexity index is 127. The molecule has 0 amide bonds. The van der Waals surface area contributed by atoms with Crippen LogP contribution in [0.15, 0.2) is 0 Å². The maximum absolute atomic E-state index is 8.50. The van der Waals surface area contributed by atoms with E-state index in [0.29, 0.717) is 0 Å². The second-order valence-corrected chi connectivity index (χ2v) is 2.39. The van der Waals surface area contributed by atoms with E-state index in [2.05, 4.69) is 11.4 Å². The molecule has 0 bridgehead atoms. The molecule has 1 aliphatic rings. The Morgan fingerprint density at radius 3 is 2.89 bits per heavy atom. The van der Waals surface area contributed by atoms with Gasteiger partial charge in [0.2, 0.25) is 0 Å². The number of nitriles is 1. The SMILES string of the molecule is N#C[C@H]1CCNC[C@@H]1N. The van der Waals surface area contributed by atoms with E-state index >= 15 is 0 Å². The van der Waals surface area contributed by atoms with Crippen LogP contribution in [0.25, 0.3) is 0 Å². The average molecular weight is 125 g/mol. The van der Waals surface area contributed by atoms with Crippen molar-refractivity contribution in [1.82, 2.24) is 5.32 Å². The van der Waals surface area contributed by atoms with Gasteiger partial charge in [0.25, 0.3) is 0 Å². The van der Waals surface area contributed by atoms with Gasteiger partial charge in [-0.3, -0.25) is 0 Å². The lowest BCUT2D eigenvalue weighted by molar-refractivity contribution is 0.387. The highest BCUT2D eigenvalue weighted by Crippen LogP contribution is 2.07. The number of hydrogen-bond acceptors (Lipinski definition) is 3. The highest BCUT2D eigenvalue weighted by atomic mass is 14.9. The predicted molar refractivity (Wildman–Crippen MR) is 34.6 cm³/mol. The van der Waals surface area contributed by atoms with Gasteiger partial charge in [0, 0.05) is 12.6 Å². The molecule has 2 atom stereocenters. The molecular weight excluding hydrogens is 114 g/mol. The van der Waals surface area contributed by atoms with Crippen molar-refractivity contribution in [2.24, 2.45) is 11.7 Å². The third-order valence-corrected chi connectivity index (χ3v) is 1.69. The van der Waals surface area contributed by atoms with Crippen LogP contribution in [0.3, 0.4) is 0 Å². The Morgan fingerprint density at radius 1 is 1.67 bits per heavy atom. The number of nitrogens with two attached hydrogens (primary N) is 1. The zero-order chi connectivity index (χ0) is 6.69. The van der Waals surface area contributed by atoms with Gasteiger partial charge in [0.15, 0.2) is 0 Å². The molecule has 0 aromatic rings. The van der Waals surface area contributed by atoms with Gasteiger partial charge in [-0.2, -0.15) is 5.26 Å². The van der Waals surface area contributed by atoms with E-state index in [1.54, 1.807) is 0 Å². The summed E-state index contributed by atoms with van der Waals surface area (Å²) in [5.41, 5.74) is 5.60. The van der Waals surface area contributed by atoms with Gasteiger partial charge in [-0.05, 0) is 13.0 Å². The van der Waals surface area contributed by atoms with E-state index in [9.17, 15) is 0 Å². The molecular formula is C6H11N3. The van der Waals surface area contributed by atoms with E-state index in [1.807, 2.05) is 0 Å². The van der Waals surface area contributed by atoms with Crippen molar-refractivity contribution in [3.8, 4) is 6.07 Å². The second kappa shape index (κ2) is 2.81. The predicted octanol–water partition coefficient (Wildman–Crippen LogP) is -0.553. The Balaban J connectivity index is 2.41. The van der Waals surface area contributed by atoms with E-state index in [1.165, 1.54) is 0 Å². The van der Waals surface area contributed by atoms with Gasteiger partial charge in [0.05, 0.1) is 12.0 Å². The summed E-state index contributed by atoms with van der Waals surface area (Å²) >= 11 is 0. The molecule has 50 valence electrons. The van der Waals surface area contributed by atoms with Crippen LogP contribution < -0.4 is 11.1 Å². The molecule has 0 aliphatic carbocycles. The van der Waals surface area contributed by atoms with E-state index in [-0.39, 0.29) is 12.0 Å². The molecule has 1 saturated heterocycles. The number of rotatable bonds is 0. The number of nitrogens with one attached hydrogen (secondary N) is 1. The fourth-order valence-corrected chi connectivity index (χ4v) is 1.04. The standard InChI is InChI=1S/C6H11N3/c7-3-5-1-2-9-4-6(5)8/h5-6,9H,1-2,4,8H2/t5-,6+/m1/s1. The van der Waals surface area contributed by atoms with Crippen LogP contribution in [0.5, 0.6) is 0 Å². The fraction of sp³-hybridized carbons (Fsp3) is 0.833. The molecule has 3 heteroatoms. The molecule has 0 unspecified atom stereocenters. The highest BCUT2D eigenvalue weighted by Gasteiger charge is 2.19. The molecule has 0 aromatic carbocycles. The fourth-order valence-electron chi connectivity index (χ4n) is 1.04. The quantitative estimate of drug-likeness (QED) is 0.456. The van der Waals surface area contributed by atoms with E-state index in [0.717, 1.165) is 19.5 Å². The van der Waals surface area contributed by atoms with Crippen molar-refractivity contribution in [2.45, 2.75) is 12.5 Å². The Morgan fingerprint density at radius 2 is 2.44 bits per heavy atom. The molecule has 0 spiro atoms. The van der Waals surface area contributed by atoms with Crippen LogP contribution in [0.2, 0.25) is 0 Å². The first-order chi connectivity index (χ1) is 4.34. The zero-order valence-electron chi connectivity index (χ0n) is 5.30. The van der Waals surface area contributed by atoms with Crippen molar-refractivity contribution in [1.29, 1.82) is 5.26 Å². The topological polar surface area (TPSA) is 61.8 Å². The molecule has 3 N–H and O–H groups in total.